The maximum atomic E-state index is 13.0. The molecule has 180 valence electrons. The molecule has 6 nitrogen and oxygen atoms in total. The van der Waals surface area contributed by atoms with Crippen LogP contribution in [-0.2, 0) is 11.4 Å². The summed E-state index contributed by atoms with van der Waals surface area (Å²) in [5.74, 6) is 1.30. The molecule has 3 aromatic carbocycles. The SMILES string of the molecule is COc1cccc(/C=C2\SC(=O)N(CCOc3cccc(C)c3)C2=O)c1OCc1ccccc1Cl. The normalized spacial score (nSPS) is 14.5. The molecule has 1 fully saturated rings. The van der Waals surface area contributed by atoms with Crippen LogP contribution < -0.4 is 14.2 Å². The van der Waals surface area contributed by atoms with Crippen molar-refractivity contribution in [3.8, 4) is 17.2 Å². The topological polar surface area (TPSA) is 65.1 Å². The number of para-hydroxylation sites is 1. The summed E-state index contributed by atoms with van der Waals surface area (Å²) in [5.41, 5.74) is 2.51. The number of hydrogen-bond acceptors (Lipinski definition) is 6. The summed E-state index contributed by atoms with van der Waals surface area (Å²) in [4.78, 5) is 27.0. The largest absolute Gasteiger partial charge is 0.493 e. The van der Waals surface area contributed by atoms with Gasteiger partial charge in [-0.2, -0.15) is 0 Å². The first-order valence-corrected chi connectivity index (χ1v) is 12.1. The van der Waals surface area contributed by atoms with Crippen molar-refractivity contribution in [2.24, 2.45) is 0 Å². The number of carbonyl (C=O) groups excluding carboxylic acids is 2. The number of methoxy groups -OCH3 is 1. The van der Waals surface area contributed by atoms with E-state index in [-0.39, 0.29) is 30.9 Å². The van der Waals surface area contributed by atoms with Crippen molar-refractivity contribution < 1.29 is 23.8 Å². The second kappa shape index (κ2) is 11.3. The second-order valence-corrected chi connectivity index (χ2v) is 9.16. The molecular weight excluding hydrogens is 486 g/mol. The lowest BCUT2D eigenvalue weighted by atomic mass is 10.1. The zero-order chi connectivity index (χ0) is 24.8. The van der Waals surface area contributed by atoms with E-state index in [0.29, 0.717) is 32.7 Å². The Morgan fingerprint density at radius 3 is 2.57 bits per heavy atom. The number of carbonyl (C=O) groups is 2. The number of rotatable bonds is 9. The third kappa shape index (κ3) is 5.99. The summed E-state index contributed by atoms with van der Waals surface area (Å²) in [6.45, 7) is 2.56. The minimum absolute atomic E-state index is 0.157. The molecule has 3 aromatic rings. The van der Waals surface area contributed by atoms with Crippen molar-refractivity contribution in [2.45, 2.75) is 13.5 Å². The molecule has 0 unspecified atom stereocenters. The summed E-state index contributed by atoms with van der Waals surface area (Å²) in [5, 5.41) is 0.258. The van der Waals surface area contributed by atoms with Gasteiger partial charge in [0.15, 0.2) is 11.5 Å². The lowest BCUT2D eigenvalue weighted by molar-refractivity contribution is -0.123. The van der Waals surface area contributed by atoms with E-state index in [0.717, 1.165) is 22.9 Å². The molecule has 0 aliphatic carbocycles. The standard InChI is InChI=1S/C27H24ClNO5S/c1-18-7-5-10-21(15-18)33-14-13-29-26(30)24(35-27(29)31)16-19-9-6-12-23(32-2)25(19)34-17-20-8-3-4-11-22(20)28/h3-12,15-16H,13-14,17H2,1-2H3/b24-16-. The average molecular weight is 510 g/mol. The van der Waals surface area contributed by atoms with Crippen LogP contribution >= 0.6 is 23.4 Å². The number of imide groups is 1. The van der Waals surface area contributed by atoms with Gasteiger partial charge in [0.1, 0.15) is 19.0 Å². The highest BCUT2D eigenvalue weighted by Gasteiger charge is 2.35. The lowest BCUT2D eigenvalue weighted by Gasteiger charge is -2.15. The van der Waals surface area contributed by atoms with Crippen LogP contribution in [0.3, 0.4) is 0 Å². The Bertz CT molecular complexity index is 1280. The lowest BCUT2D eigenvalue weighted by Crippen LogP contribution is -2.32. The Balaban J connectivity index is 1.49. The smallest absolute Gasteiger partial charge is 0.293 e. The summed E-state index contributed by atoms with van der Waals surface area (Å²) >= 11 is 7.15. The molecule has 0 atom stereocenters. The molecule has 4 rings (SSSR count). The van der Waals surface area contributed by atoms with E-state index in [1.165, 1.54) is 4.90 Å². The van der Waals surface area contributed by atoms with Crippen LogP contribution in [-0.4, -0.2) is 36.3 Å². The van der Waals surface area contributed by atoms with Gasteiger partial charge in [-0.15, -0.1) is 0 Å². The number of halogens is 1. The number of ether oxygens (including phenoxy) is 3. The summed E-state index contributed by atoms with van der Waals surface area (Å²) in [7, 11) is 1.55. The predicted molar refractivity (Wildman–Crippen MR) is 138 cm³/mol. The summed E-state index contributed by atoms with van der Waals surface area (Å²) in [6, 6.07) is 20.4. The van der Waals surface area contributed by atoms with Crippen molar-refractivity contribution in [1.29, 1.82) is 0 Å². The second-order valence-electron chi connectivity index (χ2n) is 7.76. The van der Waals surface area contributed by atoms with Gasteiger partial charge in [0.25, 0.3) is 11.1 Å². The van der Waals surface area contributed by atoms with Gasteiger partial charge in [-0.1, -0.05) is 54.1 Å². The molecule has 0 bridgehead atoms. The Morgan fingerprint density at radius 2 is 1.80 bits per heavy atom. The molecule has 1 aliphatic rings. The van der Waals surface area contributed by atoms with E-state index in [2.05, 4.69) is 0 Å². The van der Waals surface area contributed by atoms with E-state index in [1.807, 2.05) is 49.4 Å². The fourth-order valence-corrected chi connectivity index (χ4v) is 4.57. The Labute approximate surface area is 213 Å². The van der Waals surface area contributed by atoms with Gasteiger partial charge in [0.05, 0.1) is 18.6 Å². The highest BCUT2D eigenvalue weighted by molar-refractivity contribution is 8.18. The molecule has 0 spiro atoms. The maximum Gasteiger partial charge on any atom is 0.293 e. The van der Waals surface area contributed by atoms with Crippen LogP contribution in [0.1, 0.15) is 16.7 Å². The Kier molecular flexibility index (Phi) is 8.00. The number of aryl methyl sites for hydroxylation is 1. The third-order valence-corrected chi connectivity index (χ3v) is 6.57. The van der Waals surface area contributed by atoms with Crippen molar-refractivity contribution in [3.05, 3.63) is 93.3 Å². The molecule has 1 heterocycles. The highest BCUT2D eigenvalue weighted by Crippen LogP contribution is 2.38. The molecule has 1 saturated heterocycles. The van der Waals surface area contributed by atoms with Crippen LogP contribution in [0.2, 0.25) is 5.02 Å². The Hall–Kier alpha value is -3.42. The Morgan fingerprint density at radius 1 is 1.00 bits per heavy atom. The summed E-state index contributed by atoms with van der Waals surface area (Å²) < 4.78 is 17.2. The molecule has 0 saturated carbocycles. The van der Waals surface area contributed by atoms with Crippen molar-refractivity contribution in [1.82, 2.24) is 4.90 Å². The summed E-state index contributed by atoms with van der Waals surface area (Å²) in [6.07, 6.45) is 1.65. The first kappa shape index (κ1) is 24.7. The molecule has 35 heavy (non-hydrogen) atoms. The molecule has 2 amide bonds. The van der Waals surface area contributed by atoms with Crippen LogP contribution in [0, 0.1) is 6.92 Å². The van der Waals surface area contributed by atoms with Crippen LogP contribution in [0.25, 0.3) is 6.08 Å². The van der Waals surface area contributed by atoms with Crippen molar-refractivity contribution in [2.75, 3.05) is 20.3 Å². The first-order valence-electron chi connectivity index (χ1n) is 10.9. The monoisotopic (exact) mass is 509 g/mol. The van der Waals surface area contributed by atoms with Gasteiger partial charge in [-0.25, -0.2) is 0 Å². The number of thioether (sulfide) groups is 1. The molecule has 8 heteroatoms. The molecular formula is C27H24ClNO5S. The van der Waals surface area contributed by atoms with Gasteiger partial charge in [0, 0.05) is 16.1 Å². The minimum Gasteiger partial charge on any atom is -0.493 e. The highest BCUT2D eigenvalue weighted by atomic mass is 35.5. The van der Waals surface area contributed by atoms with E-state index in [9.17, 15) is 9.59 Å². The van der Waals surface area contributed by atoms with E-state index in [4.69, 9.17) is 25.8 Å². The zero-order valence-corrected chi connectivity index (χ0v) is 20.9. The number of amides is 2. The van der Waals surface area contributed by atoms with Crippen molar-refractivity contribution >= 4 is 40.6 Å². The molecule has 0 radical (unpaired) electrons. The van der Waals surface area contributed by atoms with Crippen LogP contribution in [0.5, 0.6) is 17.2 Å². The van der Waals surface area contributed by atoms with Crippen LogP contribution in [0.4, 0.5) is 4.79 Å². The zero-order valence-electron chi connectivity index (χ0n) is 19.3. The minimum atomic E-state index is -0.368. The average Bonchev–Trinajstić information content (AvgIpc) is 3.11. The van der Waals surface area contributed by atoms with Crippen LogP contribution in [0.15, 0.2) is 71.6 Å². The van der Waals surface area contributed by atoms with E-state index < -0.39 is 0 Å². The quantitative estimate of drug-likeness (QED) is 0.313. The molecule has 1 aliphatic heterocycles. The number of benzene rings is 3. The third-order valence-electron chi connectivity index (χ3n) is 5.29. The fraction of sp³-hybridized carbons (Fsp3) is 0.185. The van der Waals surface area contributed by atoms with Crippen molar-refractivity contribution in [3.63, 3.8) is 0 Å². The van der Waals surface area contributed by atoms with Gasteiger partial charge in [-0.05, 0) is 54.6 Å². The van der Waals surface area contributed by atoms with Gasteiger partial charge < -0.3 is 14.2 Å². The first-order chi connectivity index (χ1) is 17.0. The van der Waals surface area contributed by atoms with Gasteiger partial charge >= 0.3 is 0 Å². The van der Waals surface area contributed by atoms with Gasteiger partial charge in [0.2, 0.25) is 0 Å². The number of nitrogens with zero attached hydrogens (tertiary/aromatic N) is 1. The number of hydrogen-bond donors (Lipinski definition) is 0. The van der Waals surface area contributed by atoms with E-state index >= 15 is 0 Å². The molecule has 0 aromatic heterocycles. The molecule has 0 N–H and O–H groups in total. The van der Waals surface area contributed by atoms with E-state index in [1.54, 1.807) is 37.5 Å². The van der Waals surface area contributed by atoms with Gasteiger partial charge in [-0.3, -0.25) is 14.5 Å². The maximum absolute atomic E-state index is 13.0. The fourth-order valence-electron chi connectivity index (χ4n) is 3.52. The predicted octanol–water partition coefficient (Wildman–Crippen LogP) is 6.35.